The number of nitrogen functional groups attached to an aromatic ring is 1. The molecule has 114 valence electrons. The molecule has 1 aromatic carbocycles. The van der Waals surface area contributed by atoms with Gasteiger partial charge >= 0.3 is 0 Å². The molecule has 5 nitrogen and oxygen atoms in total. The SMILES string of the molecule is COc1cccc(Cn2c(C)c(C)c(S(C)(=O)=O)c2N)c1. The minimum atomic E-state index is -3.34. The number of methoxy groups -OCH3 is 1. The summed E-state index contributed by atoms with van der Waals surface area (Å²) in [5.74, 6) is 1.05. The number of anilines is 1. The molecular formula is C15H20N2O3S. The Kier molecular flexibility index (Phi) is 4.00. The summed E-state index contributed by atoms with van der Waals surface area (Å²) in [6.07, 6.45) is 1.18. The van der Waals surface area contributed by atoms with Crippen LogP contribution in [0.15, 0.2) is 29.2 Å². The number of aromatic nitrogens is 1. The molecule has 2 rings (SSSR count). The molecule has 0 aliphatic rings. The average Bonchev–Trinajstić information content (AvgIpc) is 2.62. The van der Waals surface area contributed by atoms with E-state index < -0.39 is 9.84 Å². The Morgan fingerprint density at radius 3 is 2.48 bits per heavy atom. The zero-order valence-corrected chi connectivity index (χ0v) is 13.5. The maximum absolute atomic E-state index is 11.9. The predicted molar refractivity (Wildman–Crippen MR) is 83.5 cm³/mol. The van der Waals surface area contributed by atoms with Gasteiger partial charge in [0.2, 0.25) is 0 Å². The van der Waals surface area contributed by atoms with Crippen LogP contribution in [-0.4, -0.2) is 26.4 Å². The van der Waals surface area contributed by atoms with Crippen LogP contribution in [0.3, 0.4) is 0 Å². The van der Waals surface area contributed by atoms with Gasteiger partial charge in [-0.1, -0.05) is 12.1 Å². The topological polar surface area (TPSA) is 74.3 Å². The third-order valence-electron chi connectivity index (χ3n) is 3.66. The van der Waals surface area contributed by atoms with E-state index in [-0.39, 0.29) is 10.7 Å². The summed E-state index contributed by atoms with van der Waals surface area (Å²) in [6.45, 7) is 4.16. The first-order valence-corrected chi connectivity index (χ1v) is 8.43. The number of benzene rings is 1. The van der Waals surface area contributed by atoms with E-state index in [0.717, 1.165) is 17.0 Å². The van der Waals surface area contributed by atoms with Gasteiger partial charge in [0.15, 0.2) is 9.84 Å². The maximum Gasteiger partial charge on any atom is 0.179 e. The molecule has 6 heteroatoms. The Hall–Kier alpha value is -1.95. The molecule has 0 amide bonds. The highest BCUT2D eigenvalue weighted by molar-refractivity contribution is 7.91. The van der Waals surface area contributed by atoms with Crippen molar-refractivity contribution in [2.45, 2.75) is 25.3 Å². The zero-order chi connectivity index (χ0) is 15.8. The molecule has 0 saturated carbocycles. The quantitative estimate of drug-likeness (QED) is 0.939. The van der Waals surface area contributed by atoms with Gasteiger partial charge in [-0.15, -0.1) is 0 Å². The van der Waals surface area contributed by atoms with Gasteiger partial charge in [0.1, 0.15) is 16.5 Å². The van der Waals surface area contributed by atoms with Crippen molar-refractivity contribution in [3.8, 4) is 5.75 Å². The van der Waals surface area contributed by atoms with Gasteiger partial charge < -0.3 is 15.0 Å². The van der Waals surface area contributed by atoms with E-state index in [2.05, 4.69) is 0 Å². The summed E-state index contributed by atoms with van der Waals surface area (Å²) < 4.78 is 30.8. The number of nitrogens with zero attached hydrogens (tertiary/aromatic N) is 1. The Morgan fingerprint density at radius 1 is 1.29 bits per heavy atom. The van der Waals surface area contributed by atoms with Crippen molar-refractivity contribution in [2.75, 3.05) is 19.1 Å². The summed E-state index contributed by atoms with van der Waals surface area (Å²) in [5.41, 5.74) is 8.62. The summed E-state index contributed by atoms with van der Waals surface area (Å²) in [5, 5.41) is 0. The van der Waals surface area contributed by atoms with E-state index >= 15 is 0 Å². The fourth-order valence-corrected chi connectivity index (χ4v) is 3.68. The molecule has 0 radical (unpaired) electrons. The minimum Gasteiger partial charge on any atom is -0.497 e. The molecule has 1 heterocycles. The lowest BCUT2D eigenvalue weighted by Gasteiger charge is -2.10. The molecule has 2 aromatic rings. The third-order valence-corrected chi connectivity index (χ3v) is 4.91. The number of hydrogen-bond acceptors (Lipinski definition) is 4. The van der Waals surface area contributed by atoms with Gasteiger partial charge in [-0.25, -0.2) is 8.42 Å². The van der Waals surface area contributed by atoms with Crippen LogP contribution in [0.25, 0.3) is 0 Å². The average molecular weight is 308 g/mol. The lowest BCUT2D eigenvalue weighted by molar-refractivity contribution is 0.414. The van der Waals surface area contributed by atoms with Crippen LogP contribution in [-0.2, 0) is 16.4 Å². The van der Waals surface area contributed by atoms with Crippen molar-refractivity contribution < 1.29 is 13.2 Å². The van der Waals surface area contributed by atoms with Crippen molar-refractivity contribution in [3.05, 3.63) is 41.1 Å². The third kappa shape index (κ3) is 2.90. The van der Waals surface area contributed by atoms with Gasteiger partial charge in [0, 0.05) is 18.5 Å². The first-order valence-electron chi connectivity index (χ1n) is 6.54. The molecule has 0 spiro atoms. The molecule has 0 aliphatic carbocycles. The van der Waals surface area contributed by atoms with Crippen molar-refractivity contribution in [2.24, 2.45) is 0 Å². The Balaban J connectivity index is 2.50. The van der Waals surface area contributed by atoms with Crippen LogP contribution in [0.1, 0.15) is 16.8 Å². The molecular weight excluding hydrogens is 288 g/mol. The fraction of sp³-hybridized carbons (Fsp3) is 0.333. The Labute approximate surface area is 125 Å². The highest BCUT2D eigenvalue weighted by atomic mass is 32.2. The van der Waals surface area contributed by atoms with Gasteiger partial charge in [-0.2, -0.15) is 0 Å². The second kappa shape index (κ2) is 5.44. The molecule has 2 N–H and O–H groups in total. The molecule has 0 saturated heterocycles. The monoisotopic (exact) mass is 308 g/mol. The summed E-state index contributed by atoms with van der Waals surface area (Å²) in [7, 11) is -1.73. The van der Waals surface area contributed by atoms with Crippen LogP contribution in [0.5, 0.6) is 5.75 Å². The standard InChI is InChI=1S/C15H20N2O3S/c1-10-11(2)17(15(16)14(10)21(4,18)19)9-12-6-5-7-13(8-12)20-3/h5-8H,9,16H2,1-4H3. The van der Waals surface area contributed by atoms with E-state index in [1.165, 1.54) is 6.26 Å². The van der Waals surface area contributed by atoms with Gasteiger partial charge in [0.25, 0.3) is 0 Å². The van der Waals surface area contributed by atoms with Gasteiger partial charge in [-0.3, -0.25) is 0 Å². The Morgan fingerprint density at radius 2 is 1.95 bits per heavy atom. The normalized spacial score (nSPS) is 11.6. The Bertz CT molecular complexity index is 776. The predicted octanol–water partition coefficient (Wildman–Crippen LogP) is 2.15. The number of nitrogens with two attached hydrogens (primary N) is 1. The largest absolute Gasteiger partial charge is 0.497 e. The lowest BCUT2D eigenvalue weighted by Crippen LogP contribution is -2.08. The van der Waals surface area contributed by atoms with Crippen LogP contribution in [0.2, 0.25) is 0 Å². The zero-order valence-electron chi connectivity index (χ0n) is 12.7. The molecule has 21 heavy (non-hydrogen) atoms. The molecule has 0 bridgehead atoms. The van der Waals surface area contributed by atoms with Gasteiger partial charge in [-0.05, 0) is 37.1 Å². The van der Waals surface area contributed by atoms with Crippen LogP contribution in [0.4, 0.5) is 5.82 Å². The van der Waals surface area contributed by atoms with E-state index in [1.807, 2.05) is 35.8 Å². The second-order valence-electron chi connectivity index (χ2n) is 5.13. The smallest absolute Gasteiger partial charge is 0.179 e. The van der Waals surface area contributed by atoms with E-state index in [1.54, 1.807) is 14.0 Å². The first-order chi connectivity index (χ1) is 9.75. The lowest BCUT2D eigenvalue weighted by atomic mass is 10.2. The molecule has 1 aromatic heterocycles. The first kappa shape index (κ1) is 15.4. The van der Waals surface area contributed by atoms with Gasteiger partial charge in [0.05, 0.1) is 7.11 Å². The number of rotatable bonds is 4. The van der Waals surface area contributed by atoms with E-state index in [9.17, 15) is 8.42 Å². The minimum absolute atomic E-state index is 0.225. The van der Waals surface area contributed by atoms with Crippen molar-refractivity contribution in [1.29, 1.82) is 0 Å². The van der Waals surface area contributed by atoms with Crippen molar-refractivity contribution >= 4 is 15.7 Å². The van der Waals surface area contributed by atoms with Crippen LogP contribution in [0, 0.1) is 13.8 Å². The summed E-state index contributed by atoms with van der Waals surface area (Å²) in [6, 6.07) is 7.63. The fourth-order valence-electron chi connectivity index (χ4n) is 2.49. The molecule has 0 unspecified atom stereocenters. The van der Waals surface area contributed by atoms with Crippen LogP contribution >= 0.6 is 0 Å². The summed E-state index contributed by atoms with van der Waals surface area (Å²) in [4.78, 5) is 0.225. The van der Waals surface area contributed by atoms with Crippen molar-refractivity contribution in [1.82, 2.24) is 4.57 Å². The molecule has 0 aliphatic heterocycles. The maximum atomic E-state index is 11.9. The summed E-state index contributed by atoms with van der Waals surface area (Å²) >= 11 is 0. The van der Waals surface area contributed by atoms with Crippen LogP contribution < -0.4 is 10.5 Å². The molecule has 0 atom stereocenters. The highest BCUT2D eigenvalue weighted by Gasteiger charge is 2.22. The van der Waals surface area contributed by atoms with E-state index in [4.69, 9.17) is 10.5 Å². The number of sulfone groups is 1. The second-order valence-corrected chi connectivity index (χ2v) is 7.09. The van der Waals surface area contributed by atoms with E-state index in [0.29, 0.717) is 12.1 Å². The number of ether oxygens (including phenoxy) is 1. The molecule has 0 fully saturated rings. The number of hydrogen-bond donors (Lipinski definition) is 1. The highest BCUT2D eigenvalue weighted by Crippen LogP contribution is 2.29. The van der Waals surface area contributed by atoms with Crippen molar-refractivity contribution in [3.63, 3.8) is 0 Å².